The molecule has 0 unspecified atom stereocenters. The van der Waals surface area contributed by atoms with Gasteiger partial charge in [-0.2, -0.15) is 0 Å². The number of aromatic nitrogens is 2. The van der Waals surface area contributed by atoms with Crippen molar-refractivity contribution in [3.63, 3.8) is 0 Å². The van der Waals surface area contributed by atoms with E-state index >= 15 is 0 Å². The predicted octanol–water partition coefficient (Wildman–Crippen LogP) is 2.55. The van der Waals surface area contributed by atoms with Crippen molar-refractivity contribution in [1.82, 2.24) is 14.5 Å². The molecule has 2 heterocycles. The average molecular weight is 289 g/mol. The maximum Gasteiger partial charge on any atom is 0.226 e. The zero-order valence-electron chi connectivity index (χ0n) is 12.0. The Morgan fingerprint density at radius 1 is 1.60 bits per heavy atom. The first-order valence-corrected chi connectivity index (χ1v) is 7.71. The molecule has 1 amide bonds. The van der Waals surface area contributed by atoms with E-state index in [-0.39, 0.29) is 11.8 Å². The first-order valence-electron chi connectivity index (χ1n) is 6.83. The maximum absolute atomic E-state index is 12.5. The summed E-state index contributed by atoms with van der Waals surface area (Å²) < 4.78 is 1.96. The zero-order valence-corrected chi connectivity index (χ0v) is 12.9. The van der Waals surface area contributed by atoms with Gasteiger partial charge in [-0.1, -0.05) is 0 Å². The number of aryl methyl sites for hydroxylation is 2. The van der Waals surface area contributed by atoms with Crippen molar-refractivity contribution >= 4 is 17.2 Å². The minimum atomic E-state index is 0.164. The average Bonchev–Trinajstić information content (AvgIpc) is 2.94. The molecule has 0 spiro atoms. The van der Waals surface area contributed by atoms with Gasteiger partial charge in [0.25, 0.3) is 0 Å². The van der Waals surface area contributed by atoms with Gasteiger partial charge in [0.1, 0.15) is 5.82 Å². The molecule has 106 valence electrons. The van der Waals surface area contributed by atoms with Gasteiger partial charge in [-0.3, -0.25) is 4.79 Å². The number of imidazole rings is 1. The Morgan fingerprint density at radius 2 is 2.40 bits per heavy atom. The van der Waals surface area contributed by atoms with Gasteiger partial charge in [-0.25, -0.2) is 4.98 Å². The Balaban J connectivity index is 1.63. The molecule has 4 nitrogen and oxygen atoms in total. The smallest absolute Gasteiger partial charge is 0.226 e. The third-order valence-electron chi connectivity index (χ3n) is 4.02. The topological polar surface area (TPSA) is 38.1 Å². The van der Waals surface area contributed by atoms with E-state index < -0.39 is 0 Å². The van der Waals surface area contributed by atoms with Crippen molar-refractivity contribution in [2.45, 2.75) is 25.8 Å². The van der Waals surface area contributed by atoms with Crippen LogP contribution in [0.3, 0.4) is 0 Å². The molecule has 1 aliphatic rings. The summed E-state index contributed by atoms with van der Waals surface area (Å²) >= 11 is 1.77. The summed E-state index contributed by atoms with van der Waals surface area (Å²) in [6, 6.07) is 2.14. The van der Waals surface area contributed by atoms with Gasteiger partial charge in [0.05, 0.1) is 6.54 Å². The number of hydrogen-bond acceptors (Lipinski definition) is 3. The summed E-state index contributed by atoms with van der Waals surface area (Å²) in [4.78, 5) is 19.9. The van der Waals surface area contributed by atoms with Crippen LogP contribution in [0.1, 0.15) is 28.6 Å². The molecule has 2 aromatic rings. The minimum absolute atomic E-state index is 0.164. The van der Waals surface area contributed by atoms with Crippen LogP contribution in [-0.2, 0) is 18.4 Å². The van der Waals surface area contributed by atoms with Crippen molar-refractivity contribution in [3.05, 3.63) is 40.1 Å². The molecule has 2 aromatic heterocycles. The van der Waals surface area contributed by atoms with E-state index in [4.69, 9.17) is 0 Å². The van der Waals surface area contributed by atoms with Crippen LogP contribution in [0.25, 0.3) is 0 Å². The molecule has 0 N–H and O–H groups in total. The third-order valence-corrected chi connectivity index (χ3v) is 5.17. The highest BCUT2D eigenvalue weighted by Crippen LogP contribution is 2.51. The van der Waals surface area contributed by atoms with Crippen LogP contribution in [0.5, 0.6) is 0 Å². The van der Waals surface area contributed by atoms with Crippen LogP contribution in [0.15, 0.2) is 23.8 Å². The summed E-state index contributed by atoms with van der Waals surface area (Å²) in [7, 11) is 3.82. The number of nitrogens with zero attached hydrogens (tertiary/aromatic N) is 3. The lowest BCUT2D eigenvalue weighted by atomic mass is 10.2. The molecule has 0 aromatic carbocycles. The summed E-state index contributed by atoms with van der Waals surface area (Å²) in [6.45, 7) is 2.71. The van der Waals surface area contributed by atoms with Gasteiger partial charge in [0, 0.05) is 43.2 Å². The maximum atomic E-state index is 12.5. The molecule has 2 atom stereocenters. The second-order valence-corrected chi connectivity index (χ2v) is 6.51. The first-order chi connectivity index (χ1) is 9.58. The number of amides is 1. The summed E-state index contributed by atoms with van der Waals surface area (Å²) in [6.07, 6.45) is 4.66. The van der Waals surface area contributed by atoms with E-state index in [1.807, 2.05) is 24.9 Å². The van der Waals surface area contributed by atoms with E-state index in [1.165, 1.54) is 10.4 Å². The Hall–Kier alpha value is -1.62. The fourth-order valence-electron chi connectivity index (χ4n) is 2.64. The summed E-state index contributed by atoms with van der Waals surface area (Å²) in [5.41, 5.74) is 1.32. The molecule has 1 saturated carbocycles. The van der Waals surface area contributed by atoms with Crippen molar-refractivity contribution in [3.8, 4) is 0 Å². The van der Waals surface area contributed by atoms with Gasteiger partial charge < -0.3 is 9.47 Å². The van der Waals surface area contributed by atoms with Gasteiger partial charge in [-0.15, -0.1) is 11.3 Å². The summed E-state index contributed by atoms with van der Waals surface area (Å²) in [5.74, 6) is 1.76. The quantitative estimate of drug-likeness (QED) is 0.867. The molecule has 1 aliphatic carbocycles. The van der Waals surface area contributed by atoms with Gasteiger partial charge in [-0.05, 0) is 30.4 Å². The number of hydrogen-bond donors (Lipinski definition) is 0. The van der Waals surface area contributed by atoms with Crippen LogP contribution < -0.4 is 0 Å². The standard InChI is InChI=1S/C15H19N3OS/c1-10-4-7-20-14(10)11-8-12(11)15(19)18(3)9-13-16-5-6-17(13)2/h4-7,11-12H,8-9H2,1-3H3/t11-,12+/m1/s1. The fraction of sp³-hybridized carbons (Fsp3) is 0.467. The van der Waals surface area contributed by atoms with Gasteiger partial charge in [0.2, 0.25) is 5.91 Å². The van der Waals surface area contributed by atoms with Gasteiger partial charge in [0.15, 0.2) is 0 Å². The third kappa shape index (κ3) is 2.38. The lowest BCUT2D eigenvalue weighted by molar-refractivity contribution is -0.132. The molecule has 0 aliphatic heterocycles. The minimum Gasteiger partial charge on any atom is -0.338 e. The number of carbonyl (C=O) groups excluding carboxylic acids is 1. The van der Waals surface area contributed by atoms with Crippen molar-refractivity contribution < 1.29 is 4.79 Å². The molecule has 3 rings (SSSR count). The van der Waals surface area contributed by atoms with Gasteiger partial charge >= 0.3 is 0 Å². The van der Waals surface area contributed by atoms with E-state index in [0.717, 1.165) is 12.2 Å². The SMILES string of the molecule is Cc1ccsc1[C@@H]1C[C@@H]1C(=O)N(C)Cc1nccn1C. The summed E-state index contributed by atoms with van der Waals surface area (Å²) in [5, 5.41) is 2.11. The molecule has 0 bridgehead atoms. The highest BCUT2D eigenvalue weighted by atomic mass is 32.1. The molecule has 1 fully saturated rings. The molecule has 0 radical (unpaired) electrons. The van der Waals surface area contributed by atoms with Crippen LogP contribution >= 0.6 is 11.3 Å². The van der Waals surface area contributed by atoms with Crippen molar-refractivity contribution in [1.29, 1.82) is 0 Å². The van der Waals surface area contributed by atoms with Crippen molar-refractivity contribution in [2.75, 3.05) is 7.05 Å². The largest absolute Gasteiger partial charge is 0.338 e. The molecule has 20 heavy (non-hydrogen) atoms. The van der Waals surface area contributed by atoms with E-state index in [1.54, 1.807) is 22.4 Å². The van der Waals surface area contributed by atoms with E-state index in [9.17, 15) is 4.79 Å². The van der Waals surface area contributed by atoms with Crippen LogP contribution in [-0.4, -0.2) is 27.4 Å². The van der Waals surface area contributed by atoms with Crippen LogP contribution in [0, 0.1) is 12.8 Å². The Kier molecular flexibility index (Phi) is 3.38. The van der Waals surface area contributed by atoms with Crippen LogP contribution in [0.4, 0.5) is 0 Å². The lowest BCUT2D eigenvalue weighted by Crippen LogP contribution is -2.29. The Morgan fingerprint density at radius 3 is 3.00 bits per heavy atom. The number of rotatable bonds is 4. The monoisotopic (exact) mass is 289 g/mol. The predicted molar refractivity (Wildman–Crippen MR) is 79.6 cm³/mol. The fourth-order valence-corrected chi connectivity index (χ4v) is 3.75. The highest BCUT2D eigenvalue weighted by Gasteiger charge is 2.46. The first kappa shape index (κ1) is 13.4. The number of thiophene rings is 1. The molecule has 5 heteroatoms. The van der Waals surface area contributed by atoms with Crippen molar-refractivity contribution in [2.24, 2.45) is 13.0 Å². The second kappa shape index (κ2) is 5.05. The Bertz CT molecular complexity index is 627. The molecular formula is C15H19N3OS. The number of carbonyl (C=O) groups is 1. The second-order valence-electron chi connectivity index (χ2n) is 5.57. The zero-order chi connectivity index (χ0) is 14.3. The molecule has 0 saturated heterocycles. The van der Waals surface area contributed by atoms with Crippen LogP contribution in [0.2, 0.25) is 0 Å². The lowest BCUT2D eigenvalue weighted by Gasteiger charge is -2.17. The van der Waals surface area contributed by atoms with E-state index in [0.29, 0.717) is 12.5 Å². The van der Waals surface area contributed by atoms with E-state index in [2.05, 4.69) is 23.4 Å². The normalized spacial score (nSPS) is 20.9. The highest BCUT2D eigenvalue weighted by molar-refractivity contribution is 7.10. The Labute approximate surface area is 123 Å². The molecular weight excluding hydrogens is 270 g/mol.